The molecule has 3 aromatic rings. The number of halogens is 1. The van der Waals surface area contributed by atoms with Crippen LogP contribution in [-0.2, 0) is 17.8 Å². The van der Waals surface area contributed by atoms with Crippen LogP contribution in [0, 0.1) is 0 Å². The maximum Gasteiger partial charge on any atom is 0.409 e. The number of hydrogen-bond donors (Lipinski definition) is 4. The van der Waals surface area contributed by atoms with E-state index in [2.05, 4.69) is 10.6 Å². The van der Waals surface area contributed by atoms with Gasteiger partial charge >= 0.3 is 6.09 Å². The van der Waals surface area contributed by atoms with Crippen molar-refractivity contribution in [1.82, 2.24) is 0 Å². The molecule has 0 atom stereocenters. The van der Waals surface area contributed by atoms with Crippen molar-refractivity contribution in [3.63, 3.8) is 0 Å². The van der Waals surface area contributed by atoms with E-state index in [1.807, 2.05) is 42.5 Å². The molecule has 0 aliphatic heterocycles. The number of carbonyl (C=O) groups excluding carboxylic acids is 1. The summed E-state index contributed by atoms with van der Waals surface area (Å²) >= 11 is 6.12. The van der Waals surface area contributed by atoms with Crippen molar-refractivity contribution in [2.24, 2.45) is 0 Å². The Kier molecular flexibility index (Phi) is 7.06. The molecule has 0 aliphatic rings. The molecule has 0 aromatic heterocycles. The van der Waals surface area contributed by atoms with E-state index in [-0.39, 0.29) is 18.9 Å². The van der Waals surface area contributed by atoms with Gasteiger partial charge in [0.1, 0.15) is 0 Å². The highest BCUT2D eigenvalue weighted by atomic mass is 35.5. The number of hydrogen-bond acceptors (Lipinski definition) is 3. The van der Waals surface area contributed by atoms with Gasteiger partial charge in [0, 0.05) is 12.0 Å². The van der Waals surface area contributed by atoms with Crippen LogP contribution in [0.2, 0.25) is 5.02 Å². The highest BCUT2D eigenvalue weighted by molar-refractivity contribution is 6.33. The van der Waals surface area contributed by atoms with Crippen LogP contribution < -0.4 is 10.6 Å². The minimum atomic E-state index is -1.15. The second kappa shape index (κ2) is 9.91. The van der Waals surface area contributed by atoms with Gasteiger partial charge in [-0.25, -0.2) is 4.79 Å². The van der Waals surface area contributed by atoms with Gasteiger partial charge in [0.15, 0.2) is 0 Å². The van der Waals surface area contributed by atoms with Crippen LogP contribution in [0.1, 0.15) is 17.5 Å². The van der Waals surface area contributed by atoms with Gasteiger partial charge in [-0.05, 0) is 41.3 Å². The van der Waals surface area contributed by atoms with Gasteiger partial charge in [-0.3, -0.25) is 10.1 Å². The lowest BCUT2D eigenvalue weighted by molar-refractivity contribution is -0.116. The van der Waals surface area contributed by atoms with E-state index in [1.165, 1.54) is 0 Å². The zero-order valence-electron chi connectivity index (χ0n) is 16.1. The largest absolute Gasteiger partial charge is 0.465 e. The number of nitrogens with one attached hydrogen (secondary N) is 2. The average Bonchev–Trinajstić information content (AvgIpc) is 2.74. The summed E-state index contributed by atoms with van der Waals surface area (Å²) in [5.41, 5.74) is 4.10. The molecule has 154 valence electrons. The molecule has 6 nitrogen and oxygen atoms in total. The van der Waals surface area contributed by atoms with Crippen molar-refractivity contribution in [1.29, 1.82) is 0 Å². The minimum absolute atomic E-state index is 0.125. The highest BCUT2D eigenvalue weighted by Gasteiger charge is 2.11. The lowest BCUT2D eigenvalue weighted by Crippen LogP contribution is -2.13. The van der Waals surface area contributed by atoms with Gasteiger partial charge in [-0.2, -0.15) is 0 Å². The lowest BCUT2D eigenvalue weighted by Gasteiger charge is -2.12. The van der Waals surface area contributed by atoms with Crippen LogP contribution in [0.15, 0.2) is 66.7 Å². The number of aliphatic hydroxyl groups excluding tert-OH is 1. The Morgan fingerprint density at radius 2 is 1.60 bits per heavy atom. The van der Waals surface area contributed by atoms with Crippen molar-refractivity contribution in [2.75, 3.05) is 10.6 Å². The van der Waals surface area contributed by atoms with Gasteiger partial charge in [0.2, 0.25) is 5.91 Å². The number of amides is 2. The molecule has 0 heterocycles. The zero-order valence-corrected chi connectivity index (χ0v) is 16.8. The van der Waals surface area contributed by atoms with Crippen molar-refractivity contribution in [2.45, 2.75) is 19.4 Å². The maximum absolute atomic E-state index is 12.3. The van der Waals surface area contributed by atoms with Crippen LogP contribution in [0.5, 0.6) is 0 Å². The number of rotatable bonds is 7. The third-order valence-electron chi connectivity index (χ3n) is 4.54. The predicted molar refractivity (Wildman–Crippen MR) is 118 cm³/mol. The summed E-state index contributed by atoms with van der Waals surface area (Å²) in [6, 6.07) is 19.9. The molecule has 0 radical (unpaired) electrons. The van der Waals surface area contributed by atoms with E-state index in [1.54, 1.807) is 24.3 Å². The second-order valence-corrected chi connectivity index (χ2v) is 7.10. The number of aliphatic hydroxyl groups is 1. The molecule has 4 N–H and O–H groups in total. The molecular formula is C23H21ClN2O4. The Bertz CT molecular complexity index is 1050. The monoisotopic (exact) mass is 424 g/mol. The van der Waals surface area contributed by atoms with E-state index in [4.69, 9.17) is 16.7 Å². The van der Waals surface area contributed by atoms with E-state index < -0.39 is 6.09 Å². The molecule has 30 heavy (non-hydrogen) atoms. The molecule has 0 saturated carbocycles. The minimum Gasteiger partial charge on any atom is -0.465 e. The SMILES string of the molecule is O=C(O)Nc1cc(CCC(=O)Nc2ccc(CO)cc2Cl)ccc1-c1ccccc1. The molecule has 3 rings (SSSR count). The van der Waals surface area contributed by atoms with E-state index in [0.717, 1.165) is 16.7 Å². The smallest absolute Gasteiger partial charge is 0.409 e. The van der Waals surface area contributed by atoms with Gasteiger partial charge in [-0.15, -0.1) is 0 Å². The third-order valence-corrected chi connectivity index (χ3v) is 4.85. The molecule has 0 bridgehead atoms. The number of anilines is 2. The molecule has 0 saturated heterocycles. The first kappa shape index (κ1) is 21.4. The lowest BCUT2D eigenvalue weighted by atomic mass is 9.99. The molecule has 7 heteroatoms. The molecule has 2 amide bonds. The summed E-state index contributed by atoms with van der Waals surface area (Å²) in [4.78, 5) is 23.5. The van der Waals surface area contributed by atoms with Crippen LogP contribution in [-0.4, -0.2) is 22.2 Å². The molecule has 0 spiro atoms. The predicted octanol–water partition coefficient (Wildman–Crippen LogP) is 5.16. The Hall–Kier alpha value is -3.35. The number of carbonyl (C=O) groups is 2. The summed E-state index contributed by atoms with van der Waals surface area (Å²) < 4.78 is 0. The molecular weight excluding hydrogens is 404 g/mol. The molecule has 3 aromatic carbocycles. The van der Waals surface area contributed by atoms with Crippen molar-refractivity contribution < 1.29 is 19.8 Å². The van der Waals surface area contributed by atoms with E-state index in [0.29, 0.717) is 28.4 Å². The van der Waals surface area contributed by atoms with Crippen LogP contribution >= 0.6 is 11.6 Å². The summed E-state index contributed by atoms with van der Waals surface area (Å²) in [6.07, 6.45) is -0.514. The molecule has 0 unspecified atom stereocenters. The van der Waals surface area contributed by atoms with Gasteiger partial charge in [0.25, 0.3) is 0 Å². The van der Waals surface area contributed by atoms with Gasteiger partial charge < -0.3 is 15.5 Å². The van der Waals surface area contributed by atoms with Crippen LogP contribution in [0.25, 0.3) is 11.1 Å². The first-order chi connectivity index (χ1) is 14.5. The van der Waals surface area contributed by atoms with E-state index in [9.17, 15) is 14.7 Å². The van der Waals surface area contributed by atoms with Crippen molar-refractivity contribution in [3.8, 4) is 11.1 Å². The molecule has 0 aliphatic carbocycles. The maximum atomic E-state index is 12.3. The number of benzene rings is 3. The second-order valence-electron chi connectivity index (χ2n) is 6.70. The quantitative estimate of drug-likeness (QED) is 0.421. The van der Waals surface area contributed by atoms with Gasteiger partial charge in [0.05, 0.1) is 23.0 Å². The van der Waals surface area contributed by atoms with E-state index >= 15 is 0 Å². The standard InChI is InChI=1S/C23H21ClN2O4/c24-19-12-16(14-27)7-10-20(19)25-22(28)11-8-15-6-9-18(17-4-2-1-3-5-17)21(13-15)26-23(29)30/h1-7,9-10,12-13,26-27H,8,11,14H2,(H,25,28)(H,29,30). The Labute approximate surface area is 179 Å². The first-order valence-corrected chi connectivity index (χ1v) is 9.71. The van der Waals surface area contributed by atoms with Crippen LogP contribution in [0.4, 0.5) is 16.2 Å². The fraction of sp³-hybridized carbons (Fsp3) is 0.130. The zero-order chi connectivity index (χ0) is 21.5. The Morgan fingerprint density at radius 1 is 0.867 bits per heavy atom. The van der Waals surface area contributed by atoms with Crippen molar-refractivity contribution in [3.05, 3.63) is 82.9 Å². The van der Waals surface area contributed by atoms with Crippen LogP contribution in [0.3, 0.4) is 0 Å². The number of carboxylic acid groups (broad SMARTS) is 1. The van der Waals surface area contributed by atoms with Crippen molar-refractivity contribution >= 4 is 35.0 Å². The fourth-order valence-corrected chi connectivity index (χ4v) is 3.31. The highest BCUT2D eigenvalue weighted by Crippen LogP contribution is 2.29. The topological polar surface area (TPSA) is 98.7 Å². The van der Waals surface area contributed by atoms with Gasteiger partial charge in [-0.1, -0.05) is 60.1 Å². The summed E-state index contributed by atoms with van der Waals surface area (Å²) in [7, 11) is 0. The Balaban J connectivity index is 1.70. The average molecular weight is 425 g/mol. The first-order valence-electron chi connectivity index (χ1n) is 9.33. The normalized spacial score (nSPS) is 10.5. The third kappa shape index (κ3) is 5.59. The fourth-order valence-electron chi connectivity index (χ4n) is 3.06. The molecule has 0 fully saturated rings. The summed E-state index contributed by atoms with van der Waals surface area (Å²) in [5, 5.41) is 23.8. The number of aryl methyl sites for hydroxylation is 1. The summed E-state index contributed by atoms with van der Waals surface area (Å²) in [6.45, 7) is -0.125. The Morgan fingerprint density at radius 3 is 2.27 bits per heavy atom. The summed E-state index contributed by atoms with van der Waals surface area (Å²) in [5.74, 6) is -0.214.